The molecule has 0 radical (unpaired) electrons. The van der Waals surface area contributed by atoms with Crippen LogP contribution in [0.5, 0.6) is 0 Å². The van der Waals surface area contributed by atoms with Crippen molar-refractivity contribution in [3.05, 3.63) is 68.7 Å². The summed E-state index contributed by atoms with van der Waals surface area (Å²) in [6.45, 7) is 1.87. The van der Waals surface area contributed by atoms with E-state index in [1.54, 1.807) is 18.2 Å². The van der Waals surface area contributed by atoms with Crippen LogP contribution in [0.2, 0.25) is 0 Å². The molecule has 0 aliphatic heterocycles. The van der Waals surface area contributed by atoms with E-state index in [0.29, 0.717) is 16.7 Å². The zero-order valence-electron chi connectivity index (χ0n) is 14.0. The van der Waals surface area contributed by atoms with Crippen LogP contribution in [0, 0.1) is 6.92 Å². The molecule has 0 saturated carbocycles. The number of nitrogens with zero attached hydrogens (tertiary/aromatic N) is 2. The van der Waals surface area contributed by atoms with Gasteiger partial charge >= 0.3 is 11.1 Å². The van der Waals surface area contributed by atoms with Gasteiger partial charge in [0.2, 0.25) is 0 Å². The highest BCUT2D eigenvalue weighted by atomic mass is 32.2. The molecule has 0 fully saturated rings. The minimum absolute atomic E-state index is 0.00940. The molecule has 25 heavy (non-hydrogen) atoms. The monoisotopic (exact) mass is 359 g/mol. The van der Waals surface area contributed by atoms with Crippen LogP contribution in [-0.2, 0) is 24.1 Å². The first-order chi connectivity index (χ1) is 11.7. The smallest absolute Gasteiger partial charge is 0.305 e. The lowest BCUT2D eigenvalue weighted by Gasteiger charge is -2.12. The molecule has 0 unspecified atom stereocenters. The third-order valence-corrected chi connectivity index (χ3v) is 5.42. The molecule has 1 heterocycles. The Labute approximate surface area is 144 Å². The highest BCUT2D eigenvalue weighted by Gasteiger charge is 2.17. The van der Waals surface area contributed by atoms with E-state index in [-0.39, 0.29) is 4.90 Å². The number of aromatic nitrogens is 2. The van der Waals surface area contributed by atoms with Gasteiger partial charge in [0.15, 0.2) is 0 Å². The van der Waals surface area contributed by atoms with Crippen molar-refractivity contribution in [2.45, 2.75) is 11.8 Å². The van der Waals surface area contributed by atoms with E-state index in [1.165, 1.54) is 36.9 Å². The number of benzene rings is 2. The maximum Gasteiger partial charge on any atom is 0.316 e. The lowest BCUT2D eigenvalue weighted by molar-refractivity contribution is 0.601. The fourth-order valence-corrected chi connectivity index (χ4v) is 3.72. The molecule has 1 N–H and O–H groups in total. The van der Waals surface area contributed by atoms with Gasteiger partial charge in [0.1, 0.15) is 0 Å². The molecule has 0 atom stereocenters. The van der Waals surface area contributed by atoms with Gasteiger partial charge in [-0.15, -0.1) is 0 Å². The van der Waals surface area contributed by atoms with Gasteiger partial charge in [-0.25, -0.2) is 8.42 Å². The predicted molar refractivity (Wildman–Crippen MR) is 96.4 cm³/mol. The van der Waals surface area contributed by atoms with E-state index in [4.69, 9.17) is 0 Å². The summed E-state index contributed by atoms with van der Waals surface area (Å²) in [5, 5.41) is 0. The van der Waals surface area contributed by atoms with Crippen molar-refractivity contribution >= 4 is 26.7 Å². The average molecular weight is 359 g/mol. The second-order valence-electron chi connectivity index (χ2n) is 5.85. The first-order valence-corrected chi connectivity index (χ1v) is 8.98. The largest absolute Gasteiger partial charge is 0.316 e. The number of hydrogen-bond acceptors (Lipinski definition) is 4. The van der Waals surface area contributed by atoms with Gasteiger partial charge in [-0.3, -0.25) is 14.3 Å². The third-order valence-electron chi connectivity index (χ3n) is 4.04. The number of nitrogens with one attached hydrogen (secondary N) is 1. The van der Waals surface area contributed by atoms with Crippen LogP contribution in [-0.4, -0.2) is 17.6 Å². The van der Waals surface area contributed by atoms with Crippen LogP contribution in [0.4, 0.5) is 5.69 Å². The average Bonchev–Trinajstić information content (AvgIpc) is 2.57. The first kappa shape index (κ1) is 17.0. The van der Waals surface area contributed by atoms with Gasteiger partial charge in [-0.05, 0) is 42.8 Å². The van der Waals surface area contributed by atoms with Gasteiger partial charge in [0, 0.05) is 19.8 Å². The molecular weight excluding hydrogens is 342 g/mol. The summed E-state index contributed by atoms with van der Waals surface area (Å²) in [6, 6.07) is 11.3. The Bertz CT molecular complexity index is 1210. The van der Waals surface area contributed by atoms with Crippen LogP contribution < -0.4 is 15.8 Å². The molecule has 0 aliphatic carbocycles. The highest BCUT2D eigenvalue weighted by Crippen LogP contribution is 2.20. The Kier molecular flexibility index (Phi) is 4.00. The number of anilines is 1. The number of fused-ring (bicyclic) bond motifs is 1. The summed E-state index contributed by atoms with van der Waals surface area (Å²) in [6.07, 6.45) is 0. The molecule has 7 nitrogen and oxygen atoms in total. The Morgan fingerprint density at radius 2 is 1.52 bits per heavy atom. The van der Waals surface area contributed by atoms with Gasteiger partial charge in [-0.1, -0.05) is 12.1 Å². The van der Waals surface area contributed by atoms with E-state index in [9.17, 15) is 18.0 Å². The van der Waals surface area contributed by atoms with Gasteiger partial charge < -0.3 is 9.13 Å². The fourth-order valence-electron chi connectivity index (χ4n) is 2.65. The van der Waals surface area contributed by atoms with Crippen molar-refractivity contribution in [2.75, 3.05) is 4.72 Å². The molecule has 0 saturated heterocycles. The van der Waals surface area contributed by atoms with Crippen LogP contribution in [0.25, 0.3) is 11.0 Å². The third kappa shape index (κ3) is 2.96. The molecule has 0 spiro atoms. The minimum atomic E-state index is -3.83. The first-order valence-electron chi connectivity index (χ1n) is 7.50. The normalized spacial score (nSPS) is 11.6. The fraction of sp³-hybridized carbons (Fsp3) is 0.176. The van der Waals surface area contributed by atoms with Crippen LogP contribution in [0.1, 0.15) is 5.56 Å². The van der Waals surface area contributed by atoms with E-state index >= 15 is 0 Å². The van der Waals surface area contributed by atoms with Gasteiger partial charge in [-0.2, -0.15) is 0 Å². The lowest BCUT2D eigenvalue weighted by Crippen LogP contribution is -2.39. The molecule has 0 amide bonds. The van der Waals surface area contributed by atoms with Crippen molar-refractivity contribution in [1.82, 2.24) is 9.13 Å². The maximum absolute atomic E-state index is 12.6. The maximum atomic E-state index is 12.6. The molecule has 0 aliphatic rings. The predicted octanol–water partition coefficient (Wildman–Crippen LogP) is 1.35. The van der Waals surface area contributed by atoms with E-state index in [0.717, 1.165) is 10.1 Å². The molecule has 3 rings (SSSR count). The SMILES string of the molecule is Cc1cccc(NS(=O)(=O)c2ccc3c(c2)n(C)c(=O)c(=O)n3C)c1. The van der Waals surface area contributed by atoms with Crippen LogP contribution in [0.3, 0.4) is 0 Å². The van der Waals surface area contributed by atoms with Crippen molar-refractivity contribution in [2.24, 2.45) is 14.1 Å². The van der Waals surface area contributed by atoms with E-state index in [2.05, 4.69) is 4.72 Å². The Hall–Kier alpha value is -2.87. The van der Waals surface area contributed by atoms with Crippen LogP contribution in [0.15, 0.2) is 56.9 Å². The zero-order valence-corrected chi connectivity index (χ0v) is 14.8. The molecular formula is C17H17N3O4S. The van der Waals surface area contributed by atoms with Crippen LogP contribution >= 0.6 is 0 Å². The molecule has 8 heteroatoms. The summed E-state index contributed by atoms with van der Waals surface area (Å²) in [5.74, 6) is 0. The van der Waals surface area contributed by atoms with Crippen molar-refractivity contribution in [1.29, 1.82) is 0 Å². The molecule has 3 aromatic rings. The second kappa shape index (κ2) is 5.89. The summed E-state index contributed by atoms with van der Waals surface area (Å²) < 4.78 is 30.2. The second-order valence-corrected chi connectivity index (χ2v) is 7.54. The summed E-state index contributed by atoms with van der Waals surface area (Å²) >= 11 is 0. The van der Waals surface area contributed by atoms with Crippen molar-refractivity contribution in [3.63, 3.8) is 0 Å². The summed E-state index contributed by atoms with van der Waals surface area (Å²) in [4.78, 5) is 23.8. The topological polar surface area (TPSA) is 90.2 Å². The van der Waals surface area contributed by atoms with E-state index in [1.807, 2.05) is 13.0 Å². The number of hydrogen-bond donors (Lipinski definition) is 1. The summed E-state index contributed by atoms with van der Waals surface area (Å²) in [5.41, 5.74) is 0.839. The quantitative estimate of drug-likeness (QED) is 0.715. The highest BCUT2D eigenvalue weighted by molar-refractivity contribution is 7.92. The lowest BCUT2D eigenvalue weighted by atomic mass is 10.2. The summed E-state index contributed by atoms with van der Waals surface area (Å²) in [7, 11) is -0.909. The number of aryl methyl sites for hydroxylation is 3. The van der Waals surface area contributed by atoms with Gasteiger partial charge in [0.05, 0.1) is 15.9 Å². The van der Waals surface area contributed by atoms with E-state index < -0.39 is 21.1 Å². The zero-order chi connectivity index (χ0) is 18.4. The number of sulfonamides is 1. The van der Waals surface area contributed by atoms with Crippen molar-refractivity contribution < 1.29 is 8.42 Å². The molecule has 130 valence electrons. The molecule has 2 aromatic carbocycles. The molecule has 0 bridgehead atoms. The Morgan fingerprint density at radius 3 is 2.16 bits per heavy atom. The van der Waals surface area contributed by atoms with Gasteiger partial charge in [0.25, 0.3) is 10.0 Å². The number of rotatable bonds is 3. The van der Waals surface area contributed by atoms with Crippen molar-refractivity contribution in [3.8, 4) is 0 Å². The Morgan fingerprint density at radius 1 is 0.880 bits per heavy atom. The Balaban J connectivity index is 2.16. The minimum Gasteiger partial charge on any atom is -0.305 e. The molecule has 1 aromatic heterocycles. The standard InChI is InChI=1S/C17H17N3O4S/c1-11-5-4-6-12(9-11)18-25(23,24)13-7-8-14-15(10-13)20(3)17(22)16(21)19(14)2/h4-10,18H,1-3H3.